The van der Waals surface area contributed by atoms with Gasteiger partial charge in [-0.2, -0.15) is 0 Å². The van der Waals surface area contributed by atoms with Crippen LogP contribution in [-0.4, -0.2) is 5.11 Å². The third-order valence-corrected chi connectivity index (χ3v) is 3.63. The summed E-state index contributed by atoms with van der Waals surface area (Å²) in [5.41, 5.74) is 3.75. The zero-order valence-corrected chi connectivity index (χ0v) is 12.4. The van der Waals surface area contributed by atoms with E-state index in [2.05, 4.69) is 50.4 Å². The van der Waals surface area contributed by atoms with Gasteiger partial charge in [0.1, 0.15) is 5.75 Å². The van der Waals surface area contributed by atoms with E-state index in [0.717, 1.165) is 12.1 Å². The highest BCUT2D eigenvalue weighted by molar-refractivity contribution is 5.29. The van der Waals surface area contributed by atoms with Crippen LogP contribution in [0.2, 0.25) is 0 Å². The quantitative estimate of drug-likeness (QED) is 0.845. The first-order valence-corrected chi connectivity index (χ1v) is 7.17. The minimum absolute atomic E-state index is 0.215. The minimum atomic E-state index is 0.215. The molecule has 1 atom stereocenters. The Morgan fingerprint density at radius 1 is 0.950 bits per heavy atom. The monoisotopic (exact) mass is 269 g/mol. The molecule has 2 heteroatoms. The molecule has 2 nitrogen and oxygen atoms in total. The minimum Gasteiger partial charge on any atom is -0.508 e. The van der Waals surface area contributed by atoms with Crippen molar-refractivity contribution in [1.29, 1.82) is 0 Å². The zero-order valence-electron chi connectivity index (χ0n) is 12.4. The third-order valence-electron chi connectivity index (χ3n) is 3.63. The van der Waals surface area contributed by atoms with Crippen LogP contribution >= 0.6 is 0 Å². The summed E-state index contributed by atoms with van der Waals surface area (Å²) in [6.07, 6.45) is 0. The number of benzene rings is 2. The second-order valence-corrected chi connectivity index (χ2v) is 5.59. The first kappa shape index (κ1) is 14.6. The Kier molecular flexibility index (Phi) is 4.80. The van der Waals surface area contributed by atoms with E-state index in [-0.39, 0.29) is 6.04 Å². The lowest BCUT2D eigenvalue weighted by atomic mass is 10.0. The molecule has 0 aliphatic carbocycles. The lowest BCUT2D eigenvalue weighted by Crippen LogP contribution is -2.17. The van der Waals surface area contributed by atoms with Crippen molar-refractivity contribution < 1.29 is 5.11 Å². The SMILES string of the molecule is CC(C)c1ccc(CNC(C)c2cccc(O)c2)cc1. The smallest absolute Gasteiger partial charge is 0.115 e. The molecule has 2 aromatic rings. The normalized spacial score (nSPS) is 12.6. The Bertz CT molecular complexity index is 546. The van der Waals surface area contributed by atoms with E-state index in [9.17, 15) is 5.11 Å². The van der Waals surface area contributed by atoms with Crippen LogP contribution < -0.4 is 5.32 Å². The van der Waals surface area contributed by atoms with E-state index in [0.29, 0.717) is 11.7 Å². The Morgan fingerprint density at radius 2 is 1.65 bits per heavy atom. The Balaban J connectivity index is 1.94. The van der Waals surface area contributed by atoms with Gasteiger partial charge in [-0.15, -0.1) is 0 Å². The molecule has 0 bridgehead atoms. The van der Waals surface area contributed by atoms with Gasteiger partial charge in [0, 0.05) is 12.6 Å². The maximum Gasteiger partial charge on any atom is 0.115 e. The molecule has 0 saturated carbocycles. The Labute approximate surface area is 121 Å². The zero-order chi connectivity index (χ0) is 14.5. The van der Waals surface area contributed by atoms with Gasteiger partial charge in [0.25, 0.3) is 0 Å². The molecule has 0 saturated heterocycles. The van der Waals surface area contributed by atoms with Crippen molar-refractivity contribution in [3.05, 3.63) is 65.2 Å². The molecule has 0 aliphatic rings. The predicted molar refractivity (Wildman–Crippen MR) is 83.9 cm³/mol. The fourth-order valence-electron chi connectivity index (χ4n) is 2.20. The lowest BCUT2D eigenvalue weighted by Gasteiger charge is -2.15. The van der Waals surface area contributed by atoms with Gasteiger partial charge < -0.3 is 10.4 Å². The van der Waals surface area contributed by atoms with Crippen LogP contribution in [0.4, 0.5) is 0 Å². The molecule has 0 spiro atoms. The average Bonchev–Trinajstić information content (AvgIpc) is 2.45. The molecular formula is C18H23NO. The highest BCUT2D eigenvalue weighted by atomic mass is 16.3. The van der Waals surface area contributed by atoms with Gasteiger partial charge in [0.2, 0.25) is 0 Å². The topological polar surface area (TPSA) is 32.3 Å². The second-order valence-electron chi connectivity index (χ2n) is 5.59. The van der Waals surface area contributed by atoms with Gasteiger partial charge in [-0.25, -0.2) is 0 Å². The van der Waals surface area contributed by atoms with Crippen LogP contribution in [0.3, 0.4) is 0 Å². The van der Waals surface area contributed by atoms with Crippen LogP contribution in [0, 0.1) is 0 Å². The lowest BCUT2D eigenvalue weighted by molar-refractivity contribution is 0.472. The third kappa shape index (κ3) is 3.84. The highest BCUT2D eigenvalue weighted by Gasteiger charge is 2.05. The maximum absolute atomic E-state index is 9.50. The molecule has 2 aromatic carbocycles. The molecule has 0 amide bonds. The Morgan fingerprint density at radius 3 is 2.25 bits per heavy atom. The number of phenolic OH excluding ortho intramolecular Hbond substituents is 1. The first-order chi connectivity index (χ1) is 9.56. The summed E-state index contributed by atoms with van der Waals surface area (Å²) in [7, 11) is 0. The van der Waals surface area contributed by atoms with Gasteiger partial charge >= 0.3 is 0 Å². The molecule has 0 aromatic heterocycles. The van der Waals surface area contributed by atoms with Crippen molar-refractivity contribution in [2.24, 2.45) is 0 Å². The number of hydrogen-bond donors (Lipinski definition) is 2. The standard InChI is InChI=1S/C18H23NO/c1-13(2)16-9-7-15(8-10-16)12-19-14(3)17-5-4-6-18(20)11-17/h4-11,13-14,19-20H,12H2,1-3H3. The van der Waals surface area contributed by atoms with E-state index in [1.54, 1.807) is 12.1 Å². The average molecular weight is 269 g/mol. The molecule has 0 fully saturated rings. The number of hydrogen-bond acceptors (Lipinski definition) is 2. The Hall–Kier alpha value is -1.80. The van der Waals surface area contributed by atoms with E-state index in [1.807, 2.05) is 12.1 Å². The van der Waals surface area contributed by atoms with Crippen molar-refractivity contribution in [3.63, 3.8) is 0 Å². The summed E-state index contributed by atoms with van der Waals surface area (Å²) in [5.74, 6) is 0.890. The van der Waals surface area contributed by atoms with Crippen molar-refractivity contribution in [2.75, 3.05) is 0 Å². The van der Waals surface area contributed by atoms with Crippen molar-refractivity contribution in [1.82, 2.24) is 5.32 Å². The van der Waals surface area contributed by atoms with E-state index in [4.69, 9.17) is 0 Å². The summed E-state index contributed by atoms with van der Waals surface area (Å²) in [4.78, 5) is 0. The van der Waals surface area contributed by atoms with E-state index in [1.165, 1.54) is 11.1 Å². The van der Waals surface area contributed by atoms with Gasteiger partial charge in [0.15, 0.2) is 0 Å². The number of phenols is 1. The molecule has 2 N–H and O–H groups in total. The van der Waals surface area contributed by atoms with Crippen molar-refractivity contribution in [2.45, 2.75) is 39.3 Å². The molecule has 1 unspecified atom stereocenters. The van der Waals surface area contributed by atoms with Crippen molar-refractivity contribution >= 4 is 0 Å². The van der Waals surface area contributed by atoms with Gasteiger partial charge in [0.05, 0.1) is 0 Å². The van der Waals surface area contributed by atoms with Crippen LogP contribution in [0.15, 0.2) is 48.5 Å². The maximum atomic E-state index is 9.50. The second kappa shape index (κ2) is 6.58. The molecular weight excluding hydrogens is 246 g/mol. The van der Waals surface area contributed by atoms with Gasteiger partial charge in [-0.3, -0.25) is 0 Å². The molecule has 0 aliphatic heterocycles. The number of aromatic hydroxyl groups is 1. The summed E-state index contributed by atoms with van der Waals surface area (Å²) < 4.78 is 0. The van der Waals surface area contributed by atoms with E-state index >= 15 is 0 Å². The predicted octanol–water partition coefficient (Wildman–Crippen LogP) is 4.37. The highest BCUT2D eigenvalue weighted by Crippen LogP contribution is 2.19. The molecule has 0 heterocycles. The van der Waals surface area contributed by atoms with Crippen LogP contribution in [0.1, 0.15) is 49.4 Å². The van der Waals surface area contributed by atoms with Gasteiger partial charge in [-0.05, 0) is 41.7 Å². The summed E-state index contributed by atoms with van der Waals surface area (Å²) in [6, 6.07) is 16.4. The summed E-state index contributed by atoms with van der Waals surface area (Å²) >= 11 is 0. The molecule has 0 radical (unpaired) electrons. The molecule has 106 valence electrons. The van der Waals surface area contributed by atoms with Crippen LogP contribution in [0.5, 0.6) is 5.75 Å². The fraction of sp³-hybridized carbons (Fsp3) is 0.333. The van der Waals surface area contributed by atoms with Crippen LogP contribution in [0.25, 0.3) is 0 Å². The fourth-order valence-corrected chi connectivity index (χ4v) is 2.20. The van der Waals surface area contributed by atoms with Gasteiger partial charge in [-0.1, -0.05) is 50.2 Å². The van der Waals surface area contributed by atoms with Crippen LogP contribution in [-0.2, 0) is 6.54 Å². The largest absolute Gasteiger partial charge is 0.508 e. The summed E-state index contributed by atoms with van der Waals surface area (Å²) in [5, 5.41) is 13.0. The number of rotatable bonds is 5. The molecule has 2 rings (SSSR count). The summed E-state index contributed by atoms with van der Waals surface area (Å²) in [6.45, 7) is 7.35. The number of nitrogens with one attached hydrogen (secondary N) is 1. The van der Waals surface area contributed by atoms with E-state index < -0.39 is 0 Å². The van der Waals surface area contributed by atoms with Crippen molar-refractivity contribution in [3.8, 4) is 5.75 Å². The molecule has 20 heavy (non-hydrogen) atoms. The first-order valence-electron chi connectivity index (χ1n) is 7.17.